The summed E-state index contributed by atoms with van der Waals surface area (Å²) in [5.41, 5.74) is 0.370. The van der Waals surface area contributed by atoms with Crippen LogP contribution in [0.2, 0.25) is 0 Å². The summed E-state index contributed by atoms with van der Waals surface area (Å²) in [5, 5.41) is 3.23. The van der Waals surface area contributed by atoms with Gasteiger partial charge in [-0.15, -0.1) is 11.3 Å². The number of hydrogen-bond donors (Lipinski definition) is 1. The number of hydrogen-bond acceptors (Lipinski definition) is 5. The van der Waals surface area contributed by atoms with Gasteiger partial charge in [-0.2, -0.15) is 0 Å². The minimum absolute atomic E-state index is 0.286. The van der Waals surface area contributed by atoms with Crippen molar-refractivity contribution in [2.24, 2.45) is 0 Å². The predicted octanol–water partition coefficient (Wildman–Crippen LogP) is 3.64. The second-order valence-corrected chi connectivity index (χ2v) is 6.14. The van der Waals surface area contributed by atoms with Gasteiger partial charge in [-0.1, -0.05) is 18.2 Å². The van der Waals surface area contributed by atoms with E-state index in [2.05, 4.69) is 5.32 Å². The number of esters is 1. The van der Waals surface area contributed by atoms with Gasteiger partial charge in [0.15, 0.2) is 6.10 Å². The van der Waals surface area contributed by atoms with Crippen molar-refractivity contribution in [3.63, 3.8) is 0 Å². The molecule has 1 aromatic heterocycles. The van der Waals surface area contributed by atoms with Crippen LogP contribution in [0.25, 0.3) is 0 Å². The molecule has 5 nitrogen and oxygen atoms in total. The van der Waals surface area contributed by atoms with Crippen LogP contribution in [0.1, 0.15) is 29.1 Å². The maximum atomic E-state index is 12.3. The molecule has 1 heterocycles. The van der Waals surface area contributed by atoms with Crippen LogP contribution in [0, 0.1) is 6.92 Å². The van der Waals surface area contributed by atoms with Crippen molar-refractivity contribution >= 4 is 28.2 Å². The van der Waals surface area contributed by atoms with Crippen molar-refractivity contribution in [2.75, 3.05) is 11.9 Å². The van der Waals surface area contributed by atoms with E-state index in [9.17, 15) is 9.59 Å². The van der Waals surface area contributed by atoms with E-state index in [1.54, 1.807) is 32.0 Å². The molecule has 122 valence electrons. The van der Waals surface area contributed by atoms with Gasteiger partial charge in [-0.3, -0.25) is 4.79 Å². The summed E-state index contributed by atoms with van der Waals surface area (Å²) in [4.78, 5) is 25.1. The summed E-state index contributed by atoms with van der Waals surface area (Å²) in [6, 6.07) is 10.8. The monoisotopic (exact) mass is 333 g/mol. The number of anilines is 1. The van der Waals surface area contributed by atoms with Gasteiger partial charge in [0, 0.05) is 4.88 Å². The van der Waals surface area contributed by atoms with Crippen LogP contribution in [-0.2, 0) is 9.53 Å². The zero-order chi connectivity index (χ0) is 16.8. The maximum Gasteiger partial charge on any atom is 0.341 e. The average Bonchev–Trinajstić information content (AvgIpc) is 2.89. The summed E-state index contributed by atoms with van der Waals surface area (Å²) in [6.45, 7) is 5.56. The molecule has 1 aromatic carbocycles. The highest BCUT2D eigenvalue weighted by Gasteiger charge is 2.21. The molecule has 1 N–H and O–H groups in total. The Bertz CT molecular complexity index is 681. The molecular weight excluding hydrogens is 314 g/mol. The predicted molar refractivity (Wildman–Crippen MR) is 90.2 cm³/mol. The molecule has 6 heteroatoms. The highest BCUT2D eigenvalue weighted by atomic mass is 32.1. The van der Waals surface area contributed by atoms with Crippen LogP contribution in [0.3, 0.4) is 0 Å². The third kappa shape index (κ3) is 4.56. The third-order valence-corrected chi connectivity index (χ3v) is 3.98. The smallest absolute Gasteiger partial charge is 0.341 e. The molecule has 0 saturated heterocycles. The molecule has 0 aliphatic rings. The summed E-state index contributed by atoms with van der Waals surface area (Å²) >= 11 is 1.33. The molecule has 1 amide bonds. The van der Waals surface area contributed by atoms with Gasteiger partial charge in [0.05, 0.1) is 12.2 Å². The lowest BCUT2D eigenvalue weighted by Gasteiger charge is -2.14. The summed E-state index contributed by atoms with van der Waals surface area (Å²) in [7, 11) is 0. The molecule has 0 spiro atoms. The van der Waals surface area contributed by atoms with E-state index < -0.39 is 12.1 Å². The van der Waals surface area contributed by atoms with Crippen LogP contribution in [-0.4, -0.2) is 24.6 Å². The Morgan fingerprint density at radius 3 is 2.61 bits per heavy atom. The van der Waals surface area contributed by atoms with Gasteiger partial charge in [0.1, 0.15) is 10.8 Å². The van der Waals surface area contributed by atoms with Gasteiger partial charge in [-0.05, 0) is 39.0 Å². The number of benzene rings is 1. The van der Waals surface area contributed by atoms with E-state index >= 15 is 0 Å². The number of aryl methyl sites for hydroxylation is 1. The highest BCUT2D eigenvalue weighted by molar-refractivity contribution is 7.16. The van der Waals surface area contributed by atoms with Crippen molar-refractivity contribution in [1.29, 1.82) is 0 Å². The van der Waals surface area contributed by atoms with Crippen LogP contribution in [0.4, 0.5) is 5.00 Å². The van der Waals surface area contributed by atoms with E-state index in [0.29, 0.717) is 16.3 Å². The fraction of sp³-hybridized carbons (Fsp3) is 0.294. The molecule has 2 aromatic rings. The lowest BCUT2D eigenvalue weighted by molar-refractivity contribution is -0.122. The van der Waals surface area contributed by atoms with Gasteiger partial charge in [0.25, 0.3) is 5.91 Å². The molecule has 1 atom stereocenters. The summed E-state index contributed by atoms with van der Waals surface area (Å²) < 4.78 is 10.6. The van der Waals surface area contributed by atoms with Gasteiger partial charge >= 0.3 is 5.97 Å². The zero-order valence-corrected chi connectivity index (χ0v) is 14.1. The first kappa shape index (κ1) is 17.0. The normalized spacial score (nSPS) is 11.6. The first-order valence-corrected chi connectivity index (χ1v) is 8.13. The molecular formula is C17H19NO4S. The van der Waals surface area contributed by atoms with Crippen LogP contribution in [0.15, 0.2) is 36.4 Å². The molecule has 0 aliphatic heterocycles. The SMILES string of the molecule is CCOC(=O)c1cc(C)sc1NC(=O)C(C)Oc1ccccc1. The van der Waals surface area contributed by atoms with E-state index in [0.717, 1.165) is 4.88 Å². The summed E-state index contributed by atoms with van der Waals surface area (Å²) in [5.74, 6) is -0.145. The van der Waals surface area contributed by atoms with Crippen molar-refractivity contribution in [2.45, 2.75) is 26.9 Å². The molecule has 2 rings (SSSR count). The number of amides is 1. The minimum atomic E-state index is -0.685. The first-order chi connectivity index (χ1) is 11.0. The average molecular weight is 333 g/mol. The fourth-order valence-corrected chi connectivity index (χ4v) is 2.84. The number of carbonyl (C=O) groups is 2. The molecule has 1 unspecified atom stereocenters. The van der Waals surface area contributed by atoms with Crippen LogP contribution < -0.4 is 10.1 Å². The molecule has 0 aliphatic carbocycles. The van der Waals surface area contributed by atoms with Crippen LogP contribution in [0.5, 0.6) is 5.75 Å². The van der Waals surface area contributed by atoms with Crippen LogP contribution >= 0.6 is 11.3 Å². The van der Waals surface area contributed by atoms with E-state index in [1.807, 2.05) is 25.1 Å². The van der Waals surface area contributed by atoms with Crippen molar-refractivity contribution < 1.29 is 19.1 Å². The Morgan fingerprint density at radius 1 is 1.26 bits per heavy atom. The van der Waals surface area contributed by atoms with Gasteiger partial charge in [-0.25, -0.2) is 4.79 Å². The Kier molecular flexibility index (Phi) is 5.76. The van der Waals surface area contributed by atoms with Crippen molar-refractivity contribution in [3.8, 4) is 5.75 Å². The lowest BCUT2D eigenvalue weighted by atomic mass is 10.3. The second-order valence-electron chi connectivity index (χ2n) is 4.88. The molecule has 23 heavy (non-hydrogen) atoms. The minimum Gasteiger partial charge on any atom is -0.481 e. The zero-order valence-electron chi connectivity index (χ0n) is 13.3. The number of thiophene rings is 1. The molecule has 0 radical (unpaired) electrons. The second kappa shape index (κ2) is 7.78. The topological polar surface area (TPSA) is 64.6 Å². The largest absolute Gasteiger partial charge is 0.481 e. The molecule has 0 bridgehead atoms. The lowest BCUT2D eigenvalue weighted by Crippen LogP contribution is -2.30. The van der Waals surface area contributed by atoms with Gasteiger partial charge < -0.3 is 14.8 Å². The van der Waals surface area contributed by atoms with E-state index in [4.69, 9.17) is 9.47 Å². The Labute approximate surface area is 139 Å². The third-order valence-electron chi connectivity index (χ3n) is 3.01. The standard InChI is InChI=1S/C17H19NO4S/c1-4-21-17(20)14-10-11(2)23-16(14)18-15(19)12(3)22-13-8-6-5-7-9-13/h5-10,12H,4H2,1-3H3,(H,18,19). The summed E-state index contributed by atoms with van der Waals surface area (Å²) in [6.07, 6.45) is -0.685. The number of rotatable bonds is 6. The van der Waals surface area contributed by atoms with Crippen molar-refractivity contribution in [1.82, 2.24) is 0 Å². The molecule has 0 saturated carbocycles. The maximum absolute atomic E-state index is 12.3. The fourth-order valence-electron chi connectivity index (χ4n) is 1.94. The number of carbonyl (C=O) groups excluding carboxylic acids is 2. The van der Waals surface area contributed by atoms with Crippen molar-refractivity contribution in [3.05, 3.63) is 46.8 Å². The molecule has 0 fully saturated rings. The quantitative estimate of drug-likeness (QED) is 0.820. The highest BCUT2D eigenvalue weighted by Crippen LogP contribution is 2.28. The number of para-hydroxylation sites is 1. The Balaban J connectivity index is 2.06. The Morgan fingerprint density at radius 2 is 1.96 bits per heavy atom. The van der Waals surface area contributed by atoms with Gasteiger partial charge in [0.2, 0.25) is 0 Å². The first-order valence-electron chi connectivity index (χ1n) is 7.31. The Hall–Kier alpha value is -2.34. The van der Waals surface area contributed by atoms with E-state index in [1.165, 1.54) is 11.3 Å². The van der Waals surface area contributed by atoms with E-state index in [-0.39, 0.29) is 12.5 Å². The number of ether oxygens (including phenoxy) is 2. The number of nitrogens with one attached hydrogen (secondary N) is 1.